The van der Waals surface area contributed by atoms with Gasteiger partial charge in [-0.15, -0.1) is 10.2 Å². The number of aryl methyl sites for hydroxylation is 2. The highest BCUT2D eigenvalue weighted by molar-refractivity contribution is 5.93. The zero-order valence-electron chi connectivity index (χ0n) is 22.4. The van der Waals surface area contributed by atoms with Gasteiger partial charge in [0.25, 0.3) is 5.91 Å². The number of nitrogens with zero attached hydrogens (tertiary/aromatic N) is 9. The van der Waals surface area contributed by atoms with Gasteiger partial charge in [0.2, 0.25) is 5.91 Å². The molecular formula is C27H28N10O3. The van der Waals surface area contributed by atoms with Gasteiger partial charge in [0.1, 0.15) is 17.0 Å². The Bertz CT molecular complexity index is 1680. The van der Waals surface area contributed by atoms with Crippen molar-refractivity contribution in [2.24, 2.45) is 7.05 Å². The summed E-state index contributed by atoms with van der Waals surface area (Å²) in [6.07, 6.45) is 1.65. The van der Waals surface area contributed by atoms with Crippen molar-refractivity contribution in [3.8, 4) is 6.01 Å². The van der Waals surface area contributed by atoms with Crippen molar-refractivity contribution in [2.45, 2.75) is 19.9 Å². The molecular weight excluding hydrogens is 512 g/mol. The predicted molar refractivity (Wildman–Crippen MR) is 145 cm³/mol. The van der Waals surface area contributed by atoms with E-state index in [1.807, 2.05) is 18.2 Å². The Labute approximate surface area is 229 Å². The van der Waals surface area contributed by atoms with E-state index in [0.717, 1.165) is 5.56 Å². The van der Waals surface area contributed by atoms with Crippen LogP contribution in [0.2, 0.25) is 0 Å². The molecule has 1 aliphatic rings. The highest BCUT2D eigenvalue weighted by Gasteiger charge is 2.32. The van der Waals surface area contributed by atoms with Crippen molar-refractivity contribution in [3.63, 3.8) is 0 Å². The maximum Gasteiger partial charge on any atom is 0.308 e. The van der Waals surface area contributed by atoms with Crippen LogP contribution in [0, 0.1) is 6.92 Å². The largest absolute Gasteiger partial charge is 0.423 e. The first-order chi connectivity index (χ1) is 19.4. The molecule has 13 nitrogen and oxygen atoms in total. The van der Waals surface area contributed by atoms with Crippen LogP contribution in [-0.4, -0.2) is 82.5 Å². The normalized spacial score (nSPS) is 14.9. The molecule has 2 amide bonds. The van der Waals surface area contributed by atoms with Crippen molar-refractivity contribution >= 4 is 28.6 Å². The van der Waals surface area contributed by atoms with Gasteiger partial charge in [-0.25, -0.2) is 4.98 Å². The average Bonchev–Trinajstić information content (AvgIpc) is 3.67. The summed E-state index contributed by atoms with van der Waals surface area (Å²) < 4.78 is 7.57. The van der Waals surface area contributed by atoms with Gasteiger partial charge in [-0.05, 0) is 35.9 Å². The zero-order valence-corrected chi connectivity index (χ0v) is 22.4. The fourth-order valence-electron chi connectivity index (χ4n) is 4.98. The van der Waals surface area contributed by atoms with Crippen LogP contribution in [0.3, 0.4) is 0 Å². The number of hydrogen-bond donors (Lipinski definition) is 1. The van der Waals surface area contributed by atoms with Gasteiger partial charge < -0.3 is 14.6 Å². The van der Waals surface area contributed by atoms with E-state index < -0.39 is 0 Å². The third-order valence-electron chi connectivity index (χ3n) is 6.85. The van der Waals surface area contributed by atoms with Gasteiger partial charge in [0.05, 0.1) is 13.1 Å². The number of carbonyl (C=O) groups is 2. The maximum absolute atomic E-state index is 13.4. The molecule has 1 N–H and O–H groups in total. The number of imidazole rings is 1. The number of carbonyl (C=O) groups excluding carboxylic acids is 2. The van der Waals surface area contributed by atoms with Crippen LogP contribution < -0.4 is 5.32 Å². The molecule has 0 bridgehead atoms. The standard InChI is InChI=1S/C27H28N10O3/c1-17-28-22(16-37(17)27-30-21-15-20(29-18(2)38)9-10-23(21)40-27)26(39)36-13-11-35(12-14-36)24(19-7-5-4-6-8-19)25-31-33-34(3)32-25/h4-10,15-16,24H,11-14H2,1-3H3,(H,29,38). The molecule has 2 aromatic carbocycles. The Morgan fingerprint density at radius 3 is 2.50 bits per heavy atom. The first-order valence-electron chi connectivity index (χ1n) is 12.9. The number of amides is 2. The molecule has 0 saturated carbocycles. The summed E-state index contributed by atoms with van der Waals surface area (Å²) in [5, 5.41) is 15.5. The Morgan fingerprint density at radius 2 is 1.80 bits per heavy atom. The summed E-state index contributed by atoms with van der Waals surface area (Å²) in [4.78, 5) is 39.4. The molecule has 1 fully saturated rings. The molecule has 1 atom stereocenters. The monoisotopic (exact) mass is 540 g/mol. The second-order valence-electron chi connectivity index (χ2n) is 9.68. The molecule has 5 aromatic rings. The summed E-state index contributed by atoms with van der Waals surface area (Å²) in [6.45, 7) is 5.59. The van der Waals surface area contributed by atoms with Gasteiger partial charge >= 0.3 is 6.01 Å². The van der Waals surface area contributed by atoms with Crippen LogP contribution in [0.25, 0.3) is 17.1 Å². The zero-order chi connectivity index (χ0) is 27.8. The SMILES string of the molecule is CC(=O)Nc1ccc2oc(-n3cc(C(=O)N4CCN(C(c5ccccc5)c5nnn(C)n5)CC4)nc3C)nc2c1. The van der Waals surface area contributed by atoms with Gasteiger partial charge in [-0.3, -0.25) is 19.1 Å². The smallest absolute Gasteiger partial charge is 0.308 e. The lowest BCUT2D eigenvalue weighted by atomic mass is 10.0. The number of nitrogens with one attached hydrogen (secondary N) is 1. The van der Waals surface area contributed by atoms with Crippen molar-refractivity contribution in [3.05, 3.63) is 77.6 Å². The van der Waals surface area contributed by atoms with Gasteiger partial charge in [0.15, 0.2) is 11.4 Å². The Kier molecular flexibility index (Phi) is 6.56. The number of aromatic nitrogens is 7. The van der Waals surface area contributed by atoms with Gasteiger partial charge in [-0.1, -0.05) is 30.3 Å². The van der Waals surface area contributed by atoms with Gasteiger partial charge in [0, 0.05) is 45.0 Å². The molecule has 4 heterocycles. The summed E-state index contributed by atoms with van der Waals surface area (Å²) in [5.41, 5.74) is 3.17. The third-order valence-corrected chi connectivity index (χ3v) is 6.85. The van der Waals surface area contributed by atoms with E-state index in [-0.39, 0.29) is 17.9 Å². The van der Waals surface area contributed by atoms with Crippen molar-refractivity contribution < 1.29 is 14.0 Å². The summed E-state index contributed by atoms with van der Waals surface area (Å²) in [5.74, 6) is 0.886. The molecule has 1 aliphatic heterocycles. The van der Waals surface area contributed by atoms with E-state index in [1.54, 1.807) is 47.8 Å². The summed E-state index contributed by atoms with van der Waals surface area (Å²) in [7, 11) is 1.75. The van der Waals surface area contributed by atoms with Crippen molar-refractivity contribution in [1.82, 2.24) is 44.5 Å². The van der Waals surface area contributed by atoms with Gasteiger partial charge in [-0.2, -0.15) is 9.78 Å². The predicted octanol–water partition coefficient (Wildman–Crippen LogP) is 2.35. The van der Waals surface area contributed by atoms with E-state index in [9.17, 15) is 9.59 Å². The number of tetrazole rings is 1. The molecule has 204 valence electrons. The summed E-state index contributed by atoms with van der Waals surface area (Å²) >= 11 is 0. The van der Waals surface area contributed by atoms with Crippen LogP contribution in [0.4, 0.5) is 5.69 Å². The lowest BCUT2D eigenvalue weighted by molar-refractivity contribution is -0.114. The van der Waals surface area contributed by atoms with Crippen molar-refractivity contribution in [2.75, 3.05) is 31.5 Å². The molecule has 0 radical (unpaired) electrons. The van der Waals surface area contributed by atoms with Crippen LogP contribution in [-0.2, 0) is 11.8 Å². The number of oxazole rings is 1. The molecule has 40 heavy (non-hydrogen) atoms. The number of rotatable bonds is 6. The van der Waals surface area contributed by atoms with Crippen molar-refractivity contribution in [1.29, 1.82) is 0 Å². The van der Waals surface area contributed by atoms with Crippen LogP contribution in [0.15, 0.2) is 59.1 Å². The first-order valence-corrected chi connectivity index (χ1v) is 12.9. The third kappa shape index (κ3) is 4.94. The van der Waals surface area contributed by atoms with E-state index >= 15 is 0 Å². The molecule has 0 aliphatic carbocycles. The highest BCUT2D eigenvalue weighted by atomic mass is 16.4. The highest BCUT2D eigenvalue weighted by Crippen LogP contribution is 2.28. The summed E-state index contributed by atoms with van der Waals surface area (Å²) in [6, 6.07) is 15.5. The molecule has 6 rings (SSSR count). The number of piperazine rings is 1. The first kappa shape index (κ1) is 25.4. The van der Waals surface area contributed by atoms with E-state index in [4.69, 9.17) is 4.42 Å². The fourth-order valence-corrected chi connectivity index (χ4v) is 4.98. The number of fused-ring (bicyclic) bond motifs is 1. The number of benzene rings is 2. The maximum atomic E-state index is 13.4. The molecule has 1 saturated heterocycles. The Hall–Kier alpha value is -4.91. The quantitative estimate of drug-likeness (QED) is 0.344. The molecule has 1 unspecified atom stereocenters. The second-order valence-corrected chi connectivity index (χ2v) is 9.68. The van der Waals surface area contributed by atoms with Crippen LogP contribution in [0.1, 0.15) is 40.7 Å². The molecule has 13 heteroatoms. The van der Waals surface area contributed by atoms with Crippen LogP contribution in [0.5, 0.6) is 0 Å². The van der Waals surface area contributed by atoms with E-state index in [2.05, 4.69) is 47.7 Å². The molecule has 3 aromatic heterocycles. The lowest BCUT2D eigenvalue weighted by Gasteiger charge is -2.38. The lowest BCUT2D eigenvalue weighted by Crippen LogP contribution is -2.50. The Balaban J connectivity index is 1.18. The van der Waals surface area contributed by atoms with Crippen LogP contribution >= 0.6 is 0 Å². The molecule has 0 spiro atoms. The number of hydrogen-bond acceptors (Lipinski definition) is 9. The van der Waals surface area contributed by atoms with E-state index in [1.165, 1.54) is 11.7 Å². The fraction of sp³-hybridized carbons (Fsp3) is 0.296. The number of anilines is 1. The minimum absolute atomic E-state index is 0.153. The topological polar surface area (TPSA) is 140 Å². The van der Waals surface area contributed by atoms with E-state index in [0.29, 0.717) is 66.3 Å². The average molecular weight is 541 g/mol. The Morgan fingerprint density at radius 1 is 1.02 bits per heavy atom. The minimum Gasteiger partial charge on any atom is -0.423 e. The minimum atomic E-state index is -0.168. The second kappa shape index (κ2) is 10.3.